The van der Waals surface area contributed by atoms with Gasteiger partial charge in [0.1, 0.15) is 5.15 Å². The molecule has 1 atom stereocenters. The van der Waals surface area contributed by atoms with Gasteiger partial charge in [0.05, 0.1) is 12.0 Å². The number of rotatable bonds is 3. The fourth-order valence-electron chi connectivity index (χ4n) is 2.22. The molecule has 0 aliphatic carbocycles. The number of carboxylic acids is 1. The smallest absolute Gasteiger partial charge is 0.305 e. The van der Waals surface area contributed by atoms with Gasteiger partial charge in [-0.15, -0.1) is 0 Å². The molecule has 0 aromatic carbocycles. The summed E-state index contributed by atoms with van der Waals surface area (Å²) in [7, 11) is 0. The van der Waals surface area contributed by atoms with E-state index in [-0.39, 0.29) is 23.5 Å². The van der Waals surface area contributed by atoms with Gasteiger partial charge in [0.15, 0.2) is 0 Å². The maximum Gasteiger partial charge on any atom is 0.305 e. The number of aliphatic carboxylic acids is 1. The van der Waals surface area contributed by atoms with Gasteiger partial charge < -0.3 is 10.0 Å². The van der Waals surface area contributed by atoms with E-state index < -0.39 is 5.97 Å². The standard InChI is InChI=1S/C12H13ClN2O3/c13-11-9(4-1-5-14-11)12(18)15-6-2-3-8(15)7-10(16)17/h1,4-5,8H,2-3,6-7H2,(H,16,17). The lowest BCUT2D eigenvalue weighted by Gasteiger charge is -2.23. The summed E-state index contributed by atoms with van der Waals surface area (Å²) in [6, 6.07) is 3.00. The van der Waals surface area contributed by atoms with E-state index in [9.17, 15) is 9.59 Å². The van der Waals surface area contributed by atoms with Crippen LogP contribution in [0.25, 0.3) is 0 Å². The molecule has 2 rings (SSSR count). The highest BCUT2D eigenvalue weighted by molar-refractivity contribution is 6.32. The number of amides is 1. The summed E-state index contributed by atoms with van der Waals surface area (Å²) in [5.41, 5.74) is 0.330. The van der Waals surface area contributed by atoms with Crippen LogP contribution in [-0.4, -0.2) is 39.5 Å². The molecular weight excluding hydrogens is 256 g/mol. The normalized spacial score (nSPS) is 18.9. The molecule has 1 fully saturated rings. The highest BCUT2D eigenvalue weighted by atomic mass is 35.5. The van der Waals surface area contributed by atoms with Crippen molar-refractivity contribution in [2.75, 3.05) is 6.54 Å². The second-order valence-corrected chi connectivity index (χ2v) is 4.59. The Morgan fingerprint density at radius 1 is 1.56 bits per heavy atom. The molecule has 96 valence electrons. The van der Waals surface area contributed by atoms with Gasteiger partial charge in [0.25, 0.3) is 5.91 Å². The Hall–Kier alpha value is -1.62. The topological polar surface area (TPSA) is 70.5 Å². The number of likely N-dealkylation sites (tertiary alicyclic amines) is 1. The fraction of sp³-hybridized carbons (Fsp3) is 0.417. The molecule has 5 nitrogen and oxygen atoms in total. The van der Waals surface area contributed by atoms with Gasteiger partial charge in [-0.3, -0.25) is 9.59 Å². The maximum atomic E-state index is 12.3. The molecule has 1 aromatic heterocycles. The maximum absolute atomic E-state index is 12.3. The van der Waals surface area contributed by atoms with Gasteiger partial charge in [-0.25, -0.2) is 4.98 Å². The molecule has 0 saturated carbocycles. The Morgan fingerprint density at radius 3 is 3.00 bits per heavy atom. The zero-order valence-corrected chi connectivity index (χ0v) is 10.4. The number of carbonyl (C=O) groups is 2. The third-order valence-corrected chi connectivity index (χ3v) is 3.34. The Balaban J connectivity index is 2.18. The molecule has 18 heavy (non-hydrogen) atoms. The fourth-order valence-corrected chi connectivity index (χ4v) is 2.42. The van der Waals surface area contributed by atoms with E-state index in [0.717, 1.165) is 12.8 Å². The van der Waals surface area contributed by atoms with Crippen LogP contribution < -0.4 is 0 Å². The van der Waals surface area contributed by atoms with Gasteiger partial charge in [-0.1, -0.05) is 11.6 Å². The summed E-state index contributed by atoms with van der Waals surface area (Å²) >= 11 is 5.88. The first-order valence-electron chi connectivity index (χ1n) is 5.73. The Labute approximate surface area is 109 Å². The van der Waals surface area contributed by atoms with Crippen molar-refractivity contribution in [2.45, 2.75) is 25.3 Å². The van der Waals surface area contributed by atoms with Crippen LogP contribution in [0.15, 0.2) is 18.3 Å². The molecular formula is C12H13ClN2O3. The predicted molar refractivity (Wildman–Crippen MR) is 65.6 cm³/mol. The summed E-state index contributed by atoms with van der Waals surface area (Å²) in [4.78, 5) is 28.5. The minimum atomic E-state index is -0.892. The zero-order valence-electron chi connectivity index (χ0n) is 9.67. The molecule has 1 aromatic rings. The predicted octanol–water partition coefficient (Wildman–Crippen LogP) is 1.81. The minimum Gasteiger partial charge on any atom is -0.481 e. The highest BCUT2D eigenvalue weighted by Gasteiger charge is 2.31. The first kappa shape index (κ1) is 12.8. The summed E-state index contributed by atoms with van der Waals surface area (Å²) < 4.78 is 0. The monoisotopic (exact) mass is 268 g/mol. The number of nitrogens with zero attached hydrogens (tertiary/aromatic N) is 2. The van der Waals surface area contributed by atoms with Crippen molar-refractivity contribution in [3.8, 4) is 0 Å². The van der Waals surface area contributed by atoms with Crippen molar-refractivity contribution in [2.24, 2.45) is 0 Å². The SMILES string of the molecule is O=C(O)CC1CCCN1C(=O)c1cccnc1Cl. The first-order chi connectivity index (χ1) is 8.59. The van der Waals surface area contributed by atoms with Crippen molar-refractivity contribution >= 4 is 23.5 Å². The molecule has 1 saturated heterocycles. The lowest BCUT2D eigenvalue weighted by molar-refractivity contribution is -0.137. The number of aromatic nitrogens is 1. The van der Waals surface area contributed by atoms with Crippen LogP contribution in [0, 0.1) is 0 Å². The molecule has 0 spiro atoms. The minimum absolute atomic E-state index is 0.0242. The van der Waals surface area contributed by atoms with Crippen LogP contribution in [0.1, 0.15) is 29.6 Å². The molecule has 1 amide bonds. The van der Waals surface area contributed by atoms with Crippen LogP contribution >= 0.6 is 11.6 Å². The molecule has 1 N–H and O–H groups in total. The quantitative estimate of drug-likeness (QED) is 0.849. The average molecular weight is 269 g/mol. The number of hydrogen-bond acceptors (Lipinski definition) is 3. The molecule has 6 heteroatoms. The number of carboxylic acid groups (broad SMARTS) is 1. The highest BCUT2D eigenvalue weighted by Crippen LogP contribution is 2.24. The van der Waals surface area contributed by atoms with Crippen LogP contribution in [0.2, 0.25) is 5.15 Å². The van der Waals surface area contributed by atoms with E-state index in [1.807, 2.05) is 0 Å². The zero-order chi connectivity index (χ0) is 13.1. The van der Waals surface area contributed by atoms with E-state index in [0.29, 0.717) is 12.1 Å². The second-order valence-electron chi connectivity index (χ2n) is 4.23. The lowest BCUT2D eigenvalue weighted by Crippen LogP contribution is -2.37. The number of pyridine rings is 1. The number of halogens is 1. The van der Waals surface area contributed by atoms with Crippen molar-refractivity contribution in [1.82, 2.24) is 9.88 Å². The van der Waals surface area contributed by atoms with Crippen molar-refractivity contribution in [3.63, 3.8) is 0 Å². The molecule has 1 unspecified atom stereocenters. The van der Waals surface area contributed by atoms with E-state index >= 15 is 0 Å². The summed E-state index contributed by atoms with van der Waals surface area (Å²) in [5.74, 6) is -1.13. The Kier molecular flexibility index (Phi) is 3.81. The van der Waals surface area contributed by atoms with Crippen LogP contribution in [0.4, 0.5) is 0 Å². The van der Waals surface area contributed by atoms with Gasteiger partial charge in [-0.2, -0.15) is 0 Å². The summed E-state index contributed by atoms with van der Waals surface area (Å²) in [6.45, 7) is 0.571. The van der Waals surface area contributed by atoms with Crippen molar-refractivity contribution < 1.29 is 14.7 Å². The number of carbonyl (C=O) groups excluding carboxylic acids is 1. The van der Waals surface area contributed by atoms with E-state index in [2.05, 4.69) is 4.98 Å². The second kappa shape index (κ2) is 5.35. The van der Waals surface area contributed by atoms with Gasteiger partial charge in [0, 0.05) is 18.8 Å². The van der Waals surface area contributed by atoms with Crippen molar-refractivity contribution in [3.05, 3.63) is 29.0 Å². The third-order valence-electron chi connectivity index (χ3n) is 3.04. The van der Waals surface area contributed by atoms with Crippen LogP contribution in [-0.2, 0) is 4.79 Å². The van der Waals surface area contributed by atoms with E-state index in [4.69, 9.17) is 16.7 Å². The first-order valence-corrected chi connectivity index (χ1v) is 6.10. The Bertz CT molecular complexity index is 478. The van der Waals surface area contributed by atoms with Gasteiger partial charge >= 0.3 is 5.97 Å². The molecule has 0 bridgehead atoms. The van der Waals surface area contributed by atoms with Gasteiger partial charge in [-0.05, 0) is 25.0 Å². The Morgan fingerprint density at radius 2 is 2.33 bits per heavy atom. The van der Waals surface area contributed by atoms with E-state index in [1.54, 1.807) is 17.0 Å². The lowest BCUT2D eigenvalue weighted by atomic mass is 10.1. The average Bonchev–Trinajstić information content (AvgIpc) is 2.76. The molecule has 0 radical (unpaired) electrons. The van der Waals surface area contributed by atoms with Crippen LogP contribution in [0.3, 0.4) is 0 Å². The van der Waals surface area contributed by atoms with Gasteiger partial charge in [0.2, 0.25) is 0 Å². The summed E-state index contributed by atoms with van der Waals surface area (Å²) in [5, 5.41) is 8.98. The number of hydrogen-bond donors (Lipinski definition) is 1. The van der Waals surface area contributed by atoms with E-state index in [1.165, 1.54) is 6.20 Å². The summed E-state index contributed by atoms with van der Waals surface area (Å²) in [6.07, 6.45) is 3.03. The molecule has 1 aliphatic rings. The molecule has 1 aliphatic heterocycles. The van der Waals surface area contributed by atoms with Crippen LogP contribution in [0.5, 0.6) is 0 Å². The van der Waals surface area contributed by atoms with Crippen molar-refractivity contribution in [1.29, 1.82) is 0 Å². The third kappa shape index (κ3) is 2.61. The largest absolute Gasteiger partial charge is 0.481 e. The molecule has 2 heterocycles.